The molecule has 0 radical (unpaired) electrons. The van der Waals surface area contributed by atoms with Gasteiger partial charge in [-0.05, 0) is 49.8 Å². The van der Waals surface area contributed by atoms with Crippen LogP contribution in [0.3, 0.4) is 0 Å². The number of amides is 1. The molecular weight excluding hydrogens is 474 g/mol. The summed E-state index contributed by atoms with van der Waals surface area (Å²) in [5.41, 5.74) is 4.77. The van der Waals surface area contributed by atoms with E-state index < -0.39 is 0 Å². The molecule has 2 aromatic carbocycles. The molecule has 1 saturated heterocycles. The van der Waals surface area contributed by atoms with Gasteiger partial charge in [-0.1, -0.05) is 56.2 Å². The highest BCUT2D eigenvalue weighted by Crippen LogP contribution is 2.38. The monoisotopic (exact) mass is 515 g/mol. The molecule has 2 aliphatic rings. The maximum absolute atomic E-state index is 14.1. The van der Waals surface area contributed by atoms with Gasteiger partial charge in [0.25, 0.3) is 5.91 Å². The van der Waals surface area contributed by atoms with Gasteiger partial charge in [-0.2, -0.15) is 0 Å². The summed E-state index contributed by atoms with van der Waals surface area (Å²) in [5, 5.41) is 7.02. The van der Waals surface area contributed by atoms with Gasteiger partial charge in [0.15, 0.2) is 5.69 Å². The third-order valence-electron chi connectivity index (χ3n) is 8.23. The lowest BCUT2D eigenvalue weighted by atomic mass is 9.85. The van der Waals surface area contributed by atoms with E-state index in [4.69, 9.17) is 9.72 Å². The van der Waals surface area contributed by atoms with Crippen molar-refractivity contribution < 1.29 is 9.53 Å². The predicted molar refractivity (Wildman–Crippen MR) is 153 cm³/mol. The Labute approximate surface area is 226 Å². The fraction of sp³-hybridized carbons (Fsp3) is 0.484. The Morgan fingerprint density at radius 3 is 2.76 bits per heavy atom. The van der Waals surface area contributed by atoms with Gasteiger partial charge >= 0.3 is 0 Å². The van der Waals surface area contributed by atoms with Gasteiger partial charge in [0.1, 0.15) is 5.75 Å². The Morgan fingerprint density at radius 2 is 1.97 bits per heavy atom. The molecule has 38 heavy (non-hydrogen) atoms. The van der Waals surface area contributed by atoms with E-state index >= 15 is 0 Å². The van der Waals surface area contributed by atoms with Crippen LogP contribution in [0.15, 0.2) is 54.9 Å². The zero-order valence-corrected chi connectivity index (χ0v) is 23.0. The van der Waals surface area contributed by atoms with Gasteiger partial charge in [-0.25, -0.2) is 4.98 Å². The molecule has 1 aliphatic heterocycles. The quantitative estimate of drug-likeness (QED) is 0.413. The van der Waals surface area contributed by atoms with Crippen molar-refractivity contribution in [2.45, 2.75) is 58.0 Å². The second-order valence-corrected chi connectivity index (χ2v) is 10.8. The van der Waals surface area contributed by atoms with Crippen molar-refractivity contribution in [2.24, 2.45) is 5.92 Å². The van der Waals surface area contributed by atoms with E-state index in [2.05, 4.69) is 47.2 Å². The van der Waals surface area contributed by atoms with Crippen molar-refractivity contribution in [2.75, 3.05) is 38.6 Å². The van der Waals surface area contributed by atoms with E-state index in [-0.39, 0.29) is 11.9 Å². The number of carbonyl (C=O) groups excluding carboxylic acids is 1. The molecule has 0 unspecified atom stereocenters. The second-order valence-electron chi connectivity index (χ2n) is 10.8. The van der Waals surface area contributed by atoms with Crippen molar-refractivity contribution in [1.82, 2.24) is 19.8 Å². The van der Waals surface area contributed by atoms with Crippen molar-refractivity contribution >= 4 is 11.6 Å². The third-order valence-corrected chi connectivity index (χ3v) is 8.23. The van der Waals surface area contributed by atoms with Crippen molar-refractivity contribution in [1.29, 1.82) is 0 Å². The van der Waals surface area contributed by atoms with E-state index in [0.717, 1.165) is 55.2 Å². The van der Waals surface area contributed by atoms with Crippen LogP contribution in [0.4, 0.5) is 5.69 Å². The van der Waals surface area contributed by atoms with Gasteiger partial charge in [0, 0.05) is 43.8 Å². The molecular formula is C31H41N5O2. The highest BCUT2D eigenvalue weighted by Gasteiger charge is 2.33. The first-order valence-corrected chi connectivity index (χ1v) is 14.1. The molecule has 1 aromatic heterocycles. The average Bonchev–Trinajstić information content (AvgIpc) is 3.39. The van der Waals surface area contributed by atoms with Gasteiger partial charge in [0.2, 0.25) is 0 Å². The molecule has 1 saturated carbocycles. The maximum atomic E-state index is 14.1. The molecule has 2 heterocycles. The van der Waals surface area contributed by atoms with E-state index in [1.807, 2.05) is 41.6 Å². The number of methoxy groups -OCH3 is 1. The summed E-state index contributed by atoms with van der Waals surface area (Å²) in [6, 6.07) is 16.9. The van der Waals surface area contributed by atoms with Crippen LogP contribution in [0.5, 0.6) is 5.75 Å². The van der Waals surface area contributed by atoms with Crippen LogP contribution in [0, 0.1) is 12.8 Å². The smallest absolute Gasteiger partial charge is 0.275 e. The van der Waals surface area contributed by atoms with Crippen molar-refractivity contribution in [3.63, 3.8) is 0 Å². The number of rotatable bonds is 8. The number of hydrogen-bond acceptors (Lipinski definition) is 5. The minimum absolute atomic E-state index is 0.0331. The predicted octanol–water partition coefficient (Wildman–Crippen LogP) is 5.53. The van der Waals surface area contributed by atoms with E-state index in [1.54, 1.807) is 7.11 Å². The molecule has 3 atom stereocenters. The molecule has 7 nitrogen and oxygen atoms in total. The average molecular weight is 516 g/mol. The summed E-state index contributed by atoms with van der Waals surface area (Å²) in [6.07, 6.45) is 7.61. The zero-order chi connectivity index (χ0) is 26.5. The summed E-state index contributed by atoms with van der Waals surface area (Å²) >= 11 is 0. The highest BCUT2D eigenvalue weighted by atomic mass is 16.5. The van der Waals surface area contributed by atoms with Crippen LogP contribution in [0.25, 0.3) is 11.3 Å². The number of carbonyl (C=O) groups is 1. The Kier molecular flexibility index (Phi) is 8.32. The first-order chi connectivity index (χ1) is 18.6. The third kappa shape index (κ3) is 5.58. The molecule has 1 amide bonds. The molecule has 0 bridgehead atoms. The minimum atomic E-state index is 0.0331. The van der Waals surface area contributed by atoms with Crippen LogP contribution in [0.2, 0.25) is 0 Å². The first-order valence-electron chi connectivity index (χ1n) is 14.1. The highest BCUT2D eigenvalue weighted by molar-refractivity contribution is 5.98. The summed E-state index contributed by atoms with van der Waals surface area (Å²) in [5.74, 6) is 1.44. The number of piperazine rings is 1. The van der Waals surface area contributed by atoms with Crippen LogP contribution >= 0.6 is 0 Å². The zero-order valence-electron chi connectivity index (χ0n) is 23.0. The molecule has 202 valence electrons. The number of nitrogens with zero attached hydrogens (tertiary/aromatic N) is 3. The van der Waals surface area contributed by atoms with Gasteiger partial charge in [-0.15, -0.1) is 0 Å². The molecule has 1 aliphatic carbocycles. The standard InChI is InChI=1S/C31H41N5O2/c1-22-13-14-28(38-3)26(19-22)33-16-15-25-20-32-17-18-35(25)31(37)29-30(24-10-5-4-6-11-24)36(21-34-29)27-12-8-7-9-23(27)2/h4-6,10-11,13-14,19,21,23,25,27,32-33H,7-9,12,15-18,20H2,1-3H3/t23-,25-,27-/m1/s1. The number of imidazole rings is 1. The second kappa shape index (κ2) is 12.0. The Hall–Kier alpha value is -3.32. The lowest BCUT2D eigenvalue weighted by molar-refractivity contribution is 0.0624. The topological polar surface area (TPSA) is 71.4 Å². The number of anilines is 1. The SMILES string of the molecule is COc1ccc(C)cc1NCC[C@@H]1CNCCN1C(=O)c1ncn([C@@H]2CCCC[C@H]2C)c1-c1ccccc1. The number of hydrogen-bond donors (Lipinski definition) is 2. The Morgan fingerprint density at radius 1 is 1.16 bits per heavy atom. The lowest BCUT2D eigenvalue weighted by Gasteiger charge is -2.36. The normalized spacial score (nSPS) is 21.8. The van der Waals surface area contributed by atoms with Crippen LogP contribution in [-0.4, -0.2) is 59.7 Å². The van der Waals surface area contributed by atoms with Gasteiger partial charge in [-0.3, -0.25) is 4.79 Å². The van der Waals surface area contributed by atoms with Crippen LogP contribution in [-0.2, 0) is 0 Å². The molecule has 0 spiro atoms. The van der Waals surface area contributed by atoms with Gasteiger partial charge in [0.05, 0.1) is 24.8 Å². The Balaban J connectivity index is 1.38. The number of nitrogens with one attached hydrogen (secondary N) is 2. The minimum Gasteiger partial charge on any atom is -0.495 e. The number of aryl methyl sites for hydroxylation is 1. The lowest BCUT2D eigenvalue weighted by Crippen LogP contribution is -2.54. The van der Waals surface area contributed by atoms with Crippen molar-refractivity contribution in [3.8, 4) is 17.0 Å². The summed E-state index contributed by atoms with van der Waals surface area (Å²) in [6.45, 7) is 7.41. The maximum Gasteiger partial charge on any atom is 0.275 e. The molecule has 3 aromatic rings. The first kappa shape index (κ1) is 26.3. The fourth-order valence-corrected chi connectivity index (χ4v) is 6.12. The van der Waals surface area contributed by atoms with E-state index in [9.17, 15) is 4.79 Å². The summed E-state index contributed by atoms with van der Waals surface area (Å²) < 4.78 is 7.83. The summed E-state index contributed by atoms with van der Waals surface area (Å²) in [7, 11) is 1.69. The fourth-order valence-electron chi connectivity index (χ4n) is 6.12. The molecule has 5 rings (SSSR count). The van der Waals surface area contributed by atoms with E-state index in [1.165, 1.54) is 24.8 Å². The van der Waals surface area contributed by atoms with Gasteiger partial charge < -0.3 is 24.8 Å². The number of ether oxygens (including phenoxy) is 1. The largest absolute Gasteiger partial charge is 0.495 e. The Bertz CT molecular complexity index is 1220. The van der Waals surface area contributed by atoms with Crippen LogP contribution < -0.4 is 15.4 Å². The number of aromatic nitrogens is 2. The molecule has 2 N–H and O–H groups in total. The van der Waals surface area contributed by atoms with Crippen molar-refractivity contribution in [3.05, 3.63) is 66.1 Å². The molecule has 2 fully saturated rings. The van der Waals surface area contributed by atoms with E-state index in [0.29, 0.717) is 24.2 Å². The number of benzene rings is 2. The van der Waals surface area contributed by atoms with Crippen LogP contribution in [0.1, 0.15) is 61.1 Å². The summed E-state index contributed by atoms with van der Waals surface area (Å²) in [4.78, 5) is 21.0. The molecule has 7 heteroatoms.